The second-order valence-electron chi connectivity index (χ2n) is 9.47. The first-order valence-corrected chi connectivity index (χ1v) is 14.1. The number of benzene rings is 2. The number of nitrogens with one attached hydrogen (secondary N) is 1. The Labute approximate surface area is 246 Å². The number of hydrogen-bond donors (Lipinski definition) is 1. The molecule has 9 heteroatoms. The van der Waals surface area contributed by atoms with Crippen molar-refractivity contribution in [3.05, 3.63) is 88.7 Å². The molecule has 7 nitrogen and oxygen atoms in total. The Balaban J connectivity index is 2.38. The number of pyridine rings is 1. The van der Waals surface area contributed by atoms with Gasteiger partial charge in [0.05, 0.1) is 22.0 Å². The van der Waals surface area contributed by atoms with Gasteiger partial charge in [-0.15, -0.1) is 6.58 Å². The lowest BCUT2D eigenvalue weighted by atomic mass is 10.0. The molecule has 2 aromatic carbocycles. The first kappa shape index (κ1) is 31.5. The van der Waals surface area contributed by atoms with Crippen LogP contribution in [0.5, 0.6) is 0 Å². The van der Waals surface area contributed by atoms with Crippen molar-refractivity contribution < 1.29 is 14.0 Å². The van der Waals surface area contributed by atoms with Crippen LogP contribution in [0.4, 0.5) is 15.9 Å². The van der Waals surface area contributed by atoms with Gasteiger partial charge in [-0.1, -0.05) is 61.9 Å². The maximum absolute atomic E-state index is 15.0. The zero-order chi connectivity index (χ0) is 29.9. The number of para-hydroxylation sites is 1. The van der Waals surface area contributed by atoms with Crippen LogP contribution in [0.25, 0.3) is 11.3 Å². The van der Waals surface area contributed by atoms with Crippen LogP contribution in [0, 0.1) is 5.82 Å². The van der Waals surface area contributed by atoms with Gasteiger partial charge in [0, 0.05) is 31.7 Å². The summed E-state index contributed by atoms with van der Waals surface area (Å²) in [7, 11) is 1.65. The molecule has 0 radical (unpaired) electrons. The summed E-state index contributed by atoms with van der Waals surface area (Å²) in [6.45, 7) is 10.8. The molecule has 2 amide bonds. The summed E-state index contributed by atoms with van der Waals surface area (Å²) in [5.41, 5.74) is 3.60. The van der Waals surface area contributed by atoms with Crippen LogP contribution in [0.1, 0.15) is 43.9 Å². The van der Waals surface area contributed by atoms with Crippen LogP contribution in [0.3, 0.4) is 0 Å². The van der Waals surface area contributed by atoms with Crippen LogP contribution in [0.2, 0.25) is 5.02 Å². The molecule has 1 atom stereocenters. The number of amidine groups is 1. The summed E-state index contributed by atoms with van der Waals surface area (Å²) in [6, 6.07) is 13.7. The third kappa shape index (κ3) is 7.00. The van der Waals surface area contributed by atoms with Gasteiger partial charge in [-0.3, -0.25) is 19.5 Å². The molecule has 1 heterocycles. The van der Waals surface area contributed by atoms with Crippen molar-refractivity contribution in [2.75, 3.05) is 25.0 Å². The molecular formula is C32H37ClFN5O2. The van der Waals surface area contributed by atoms with Gasteiger partial charge in [-0.2, -0.15) is 0 Å². The highest BCUT2D eigenvalue weighted by Crippen LogP contribution is 2.38. The number of aryl methyl sites for hydroxylation is 2. The second kappa shape index (κ2) is 15.1. The van der Waals surface area contributed by atoms with Crippen LogP contribution in [-0.2, 0) is 22.4 Å². The number of rotatable bonds is 14. The summed E-state index contributed by atoms with van der Waals surface area (Å²) >= 11 is 6.81. The van der Waals surface area contributed by atoms with E-state index in [1.807, 2.05) is 43.9 Å². The zero-order valence-corrected chi connectivity index (χ0v) is 24.8. The maximum atomic E-state index is 15.0. The van der Waals surface area contributed by atoms with Crippen molar-refractivity contribution in [1.82, 2.24) is 15.2 Å². The number of aliphatic imine (C=N–C) groups is 1. The molecule has 0 spiro atoms. The highest BCUT2D eigenvalue weighted by molar-refractivity contribution is 6.33. The van der Waals surface area contributed by atoms with Gasteiger partial charge in [0.1, 0.15) is 11.7 Å². The highest BCUT2D eigenvalue weighted by Gasteiger charge is 2.28. The van der Waals surface area contributed by atoms with E-state index in [0.29, 0.717) is 50.2 Å². The monoisotopic (exact) mass is 577 g/mol. The van der Waals surface area contributed by atoms with E-state index >= 15 is 0 Å². The van der Waals surface area contributed by atoms with Gasteiger partial charge in [-0.05, 0) is 55.5 Å². The zero-order valence-electron chi connectivity index (χ0n) is 24.0. The van der Waals surface area contributed by atoms with E-state index < -0.39 is 5.82 Å². The van der Waals surface area contributed by atoms with E-state index in [1.54, 1.807) is 37.4 Å². The Hall–Kier alpha value is -4.04. The highest BCUT2D eigenvalue weighted by atomic mass is 35.5. The van der Waals surface area contributed by atoms with Crippen molar-refractivity contribution in [3.8, 4) is 11.3 Å². The number of nitrogens with zero attached hydrogens (tertiary/aromatic N) is 4. The smallest absolute Gasteiger partial charge is 0.219 e. The number of anilines is 2. The van der Waals surface area contributed by atoms with E-state index in [1.165, 1.54) is 11.0 Å². The number of aromatic nitrogens is 1. The fraction of sp³-hybridized carbons (Fsp3) is 0.312. The molecule has 0 fully saturated rings. The average molecular weight is 578 g/mol. The second-order valence-corrected chi connectivity index (χ2v) is 9.88. The van der Waals surface area contributed by atoms with E-state index in [0.717, 1.165) is 23.2 Å². The fourth-order valence-electron chi connectivity index (χ4n) is 4.90. The fourth-order valence-corrected chi connectivity index (χ4v) is 5.15. The molecule has 1 unspecified atom stereocenters. The molecule has 0 aliphatic heterocycles. The quantitative estimate of drug-likeness (QED) is 0.105. The first-order chi connectivity index (χ1) is 19.9. The summed E-state index contributed by atoms with van der Waals surface area (Å²) in [6.07, 6.45) is 5.20. The molecule has 0 saturated heterocycles. The van der Waals surface area contributed by atoms with Crippen LogP contribution >= 0.6 is 11.6 Å². The Morgan fingerprint density at radius 2 is 1.83 bits per heavy atom. The topological polar surface area (TPSA) is 77.9 Å². The molecule has 3 rings (SSSR count). The third-order valence-corrected chi connectivity index (χ3v) is 7.24. The molecule has 0 aliphatic carbocycles. The lowest BCUT2D eigenvalue weighted by molar-refractivity contribution is -0.109. The summed E-state index contributed by atoms with van der Waals surface area (Å²) in [5, 5.41) is 2.95. The number of carbonyl (C=O) groups excluding carboxylic acids is 2. The normalized spacial score (nSPS) is 12.0. The van der Waals surface area contributed by atoms with Crippen LogP contribution < -0.4 is 10.2 Å². The molecule has 0 aliphatic rings. The minimum absolute atomic E-state index is 0.171. The number of halogens is 2. The minimum atomic E-state index is -0.480. The molecule has 1 aromatic heterocycles. The van der Waals surface area contributed by atoms with Crippen molar-refractivity contribution in [2.24, 2.45) is 4.99 Å². The molecular weight excluding hydrogens is 541 g/mol. The molecule has 216 valence electrons. The summed E-state index contributed by atoms with van der Waals surface area (Å²) in [5.74, 6) is 0.320. The standard InChI is InChI=1S/C32H37ClFN5O2/c1-6-9-17-38(22(4)19-36-20-40)31(35-5)26-18-27(33)29(25-15-10-11-16-28(25)34)37-32(26)39(21-41)30-23(7-2)13-12-14-24(30)8-3/h6,10-16,18,20-22H,1,7-9,17,19H2,2-5H3,(H,36,40)/b35-31+. The Morgan fingerprint density at radius 3 is 2.39 bits per heavy atom. The number of hydrogen-bond acceptors (Lipinski definition) is 4. The van der Waals surface area contributed by atoms with E-state index in [9.17, 15) is 14.0 Å². The first-order valence-electron chi connectivity index (χ1n) is 13.7. The minimum Gasteiger partial charge on any atom is -0.357 e. The predicted molar refractivity (Wildman–Crippen MR) is 166 cm³/mol. The maximum Gasteiger partial charge on any atom is 0.219 e. The largest absolute Gasteiger partial charge is 0.357 e. The molecule has 1 N–H and O–H groups in total. The lowest BCUT2D eigenvalue weighted by Crippen LogP contribution is -2.45. The van der Waals surface area contributed by atoms with Crippen LogP contribution in [-0.4, -0.2) is 54.7 Å². The van der Waals surface area contributed by atoms with E-state index in [2.05, 4.69) is 16.9 Å². The van der Waals surface area contributed by atoms with Crippen LogP contribution in [0.15, 0.2) is 66.2 Å². The summed E-state index contributed by atoms with van der Waals surface area (Å²) in [4.78, 5) is 37.1. The lowest BCUT2D eigenvalue weighted by Gasteiger charge is -2.34. The van der Waals surface area contributed by atoms with Gasteiger partial charge in [0.2, 0.25) is 12.8 Å². The van der Waals surface area contributed by atoms with E-state index in [-0.39, 0.29) is 28.1 Å². The predicted octanol–water partition coefficient (Wildman–Crippen LogP) is 6.35. The number of amides is 2. The van der Waals surface area contributed by atoms with Gasteiger partial charge in [0.25, 0.3) is 0 Å². The Kier molecular flexibility index (Phi) is 11.6. The molecule has 3 aromatic rings. The third-order valence-electron chi connectivity index (χ3n) is 6.95. The van der Waals surface area contributed by atoms with Crippen molar-refractivity contribution in [3.63, 3.8) is 0 Å². The van der Waals surface area contributed by atoms with Gasteiger partial charge < -0.3 is 10.2 Å². The average Bonchev–Trinajstić information content (AvgIpc) is 2.99. The number of carbonyl (C=O) groups is 2. The van der Waals surface area contributed by atoms with Gasteiger partial charge in [-0.25, -0.2) is 9.37 Å². The molecule has 0 saturated carbocycles. The molecule has 41 heavy (non-hydrogen) atoms. The SMILES string of the molecule is C=CCCN(/C(=N/C)c1cc(Cl)c(-c2ccccc2F)nc1N(C=O)c1c(CC)cccc1CC)C(C)CNC=O. The van der Waals surface area contributed by atoms with Gasteiger partial charge in [0.15, 0.2) is 5.82 Å². The summed E-state index contributed by atoms with van der Waals surface area (Å²) < 4.78 is 15.0. The van der Waals surface area contributed by atoms with Gasteiger partial charge >= 0.3 is 0 Å². The van der Waals surface area contributed by atoms with Crippen molar-refractivity contribution >= 4 is 41.8 Å². The molecule has 0 bridgehead atoms. The van der Waals surface area contributed by atoms with Crippen molar-refractivity contribution in [2.45, 2.75) is 46.1 Å². The van der Waals surface area contributed by atoms with E-state index in [4.69, 9.17) is 16.6 Å². The Bertz CT molecular complexity index is 1390. The Morgan fingerprint density at radius 1 is 1.15 bits per heavy atom. The van der Waals surface area contributed by atoms with Crippen molar-refractivity contribution in [1.29, 1.82) is 0 Å².